The number of benzene rings is 3. The maximum absolute atomic E-state index is 12.5. The van der Waals surface area contributed by atoms with Gasteiger partial charge in [-0.15, -0.1) is 0 Å². The second-order valence-corrected chi connectivity index (χ2v) is 6.50. The summed E-state index contributed by atoms with van der Waals surface area (Å²) in [4.78, 5) is 12.5. The number of hydrogen-bond acceptors (Lipinski definition) is 1. The van der Waals surface area contributed by atoms with Gasteiger partial charge in [0.25, 0.3) is 5.91 Å². The lowest BCUT2D eigenvalue weighted by Gasteiger charge is -2.17. The van der Waals surface area contributed by atoms with Crippen LogP contribution in [0, 0.1) is 13.8 Å². The highest BCUT2D eigenvalue weighted by molar-refractivity contribution is 5.95. The van der Waals surface area contributed by atoms with Crippen molar-refractivity contribution in [2.24, 2.45) is 0 Å². The molecule has 1 atom stereocenters. The van der Waals surface area contributed by atoms with Gasteiger partial charge in [-0.1, -0.05) is 66.2 Å². The molecule has 0 unspecified atom stereocenters. The van der Waals surface area contributed by atoms with Crippen molar-refractivity contribution in [1.82, 2.24) is 5.32 Å². The van der Waals surface area contributed by atoms with Gasteiger partial charge in [0.05, 0.1) is 6.04 Å². The van der Waals surface area contributed by atoms with E-state index in [9.17, 15) is 4.79 Å². The molecule has 1 N–H and O–H groups in total. The first kappa shape index (κ1) is 17.0. The maximum Gasteiger partial charge on any atom is 0.251 e. The van der Waals surface area contributed by atoms with Gasteiger partial charge in [-0.25, -0.2) is 0 Å². The minimum atomic E-state index is -0.0490. The molecule has 0 aliphatic carbocycles. The molecule has 0 fully saturated rings. The summed E-state index contributed by atoms with van der Waals surface area (Å²) in [5, 5.41) is 3.09. The van der Waals surface area contributed by atoms with Gasteiger partial charge in [-0.3, -0.25) is 4.79 Å². The van der Waals surface area contributed by atoms with Crippen LogP contribution in [-0.4, -0.2) is 5.91 Å². The number of amides is 1. The summed E-state index contributed by atoms with van der Waals surface area (Å²) in [5.74, 6) is -0.0490. The molecule has 25 heavy (non-hydrogen) atoms. The predicted molar refractivity (Wildman–Crippen MR) is 104 cm³/mol. The molecule has 3 aromatic carbocycles. The highest BCUT2D eigenvalue weighted by atomic mass is 16.1. The quantitative estimate of drug-likeness (QED) is 0.676. The van der Waals surface area contributed by atoms with Crippen molar-refractivity contribution >= 4 is 5.91 Å². The van der Waals surface area contributed by atoms with E-state index in [1.165, 1.54) is 11.1 Å². The van der Waals surface area contributed by atoms with E-state index in [0.717, 1.165) is 16.7 Å². The van der Waals surface area contributed by atoms with Crippen LogP contribution in [0.5, 0.6) is 0 Å². The van der Waals surface area contributed by atoms with Crippen molar-refractivity contribution < 1.29 is 4.79 Å². The van der Waals surface area contributed by atoms with Crippen molar-refractivity contribution in [1.29, 1.82) is 0 Å². The van der Waals surface area contributed by atoms with E-state index in [1.807, 2.05) is 49.4 Å². The molecule has 0 saturated heterocycles. The summed E-state index contributed by atoms with van der Waals surface area (Å²) < 4.78 is 0. The number of nitrogens with one attached hydrogen (secondary N) is 1. The standard InChI is InChI=1S/C23H23NO/c1-16-9-14-22(17(2)15-16)18(3)24-23(25)21-12-10-20(11-13-21)19-7-5-4-6-8-19/h4-15,18H,1-3H3,(H,24,25)/t18-/m0/s1. The SMILES string of the molecule is Cc1ccc([C@H](C)NC(=O)c2ccc(-c3ccccc3)cc2)c(C)c1. The molecule has 0 spiro atoms. The first-order valence-corrected chi connectivity index (χ1v) is 8.58. The Morgan fingerprint density at radius 3 is 2.12 bits per heavy atom. The van der Waals surface area contributed by atoms with Crippen LogP contribution in [-0.2, 0) is 0 Å². The van der Waals surface area contributed by atoms with Crippen LogP contribution in [0.4, 0.5) is 0 Å². The largest absolute Gasteiger partial charge is 0.346 e. The second kappa shape index (κ2) is 7.35. The molecule has 0 heterocycles. The molecule has 126 valence electrons. The van der Waals surface area contributed by atoms with Gasteiger partial charge in [0, 0.05) is 5.56 Å². The van der Waals surface area contributed by atoms with Gasteiger partial charge in [0.1, 0.15) is 0 Å². The van der Waals surface area contributed by atoms with Gasteiger partial charge in [-0.05, 0) is 55.2 Å². The highest BCUT2D eigenvalue weighted by Gasteiger charge is 2.13. The fourth-order valence-corrected chi connectivity index (χ4v) is 3.11. The lowest BCUT2D eigenvalue weighted by Crippen LogP contribution is -2.27. The fourth-order valence-electron chi connectivity index (χ4n) is 3.11. The lowest BCUT2D eigenvalue weighted by atomic mass is 9.99. The fraction of sp³-hybridized carbons (Fsp3) is 0.174. The molecule has 2 heteroatoms. The molecule has 2 nitrogen and oxygen atoms in total. The highest BCUT2D eigenvalue weighted by Crippen LogP contribution is 2.21. The van der Waals surface area contributed by atoms with E-state index in [0.29, 0.717) is 5.56 Å². The van der Waals surface area contributed by atoms with Crippen LogP contribution < -0.4 is 5.32 Å². The lowest BCUT2D eigenvalue weighted by molar-refractivity contribution is 0.0940. The van der Waals surface area contributed by atoms with Crippen molar-refractivity contribution in [2.45, 2.75) is 26.8 Å². The molecule has 3 rings (SSSR count). The topological polar surface area (TPSA) is 29.1 Å². The summed E-state index contributed by atoms with van der Waals surface area (Å²) in [6.07, 6.45) is 0. The van der Waals surface area contributed by atoms with Gasteiger partial charge < -0.3 is 5.32 Å². The third-order valence-electron chi connectivity index (χ3n) is 4.49. The summed E-state index contributed by atoms with van der Waals surface area (Å²) in [6, 6.07) is 24.2. The Bertz CT molecular complexity index is 866. The van der Waals surface area contributed by atoms with Crippen molar-refractivity contribution in [2.75, 3.05) is 0 Å². The second-order valence-electron chi connectivity index (χ2n) is 6.50. The third-order valence-corrected chi connectivity index (χ3v) is 4.49. The van der Waals surface area contributed by atoms with Crippen LogP contribution in [0.3, 0.4) is 0 Å². The van der Waals surface area contributed by atoms with Crippen molar-refractivity contribution in [3.63, 3.8) is 0 Å². The van der Waals surface area contributed by atoms with Crippen LogP contribution in [0.25, 0.3) is 11.1 Å². The van der Waals surface area contributed by atoms with Crippen molar-refractivity contribution in [3.8, 4) is 11.1 Å². The zero-order valence-corrected chi connectivity index (χ0v) is 14.9. The summed E-state index contributed by atoms with van der Waals surface area (Å²) in [7, 11) is 0. The molecule has 0 aliphatic rings. The Morgan fingerprint density at radius 2 is 1.48 bits per heavy atom. The van der Waals surface area contributed by atoms with Crippen LogP contribution in [0.1, 0.15) is 40.0 Å². The van der Waals surface area contributed by atoms with Crippen LogP contribution in [0.2, 0.25) is 0 Å². The molecule has 0 aromatic heterocycles. The first-order valence-electron chi connectivity index (χ1n) is 8.58. The summed E-state index contributed by atoms with van der Waals surface area (Å²) >= 11 is 0. The summed E-state index contributed by atoms with van der Waals surface area (Å²) in [5.41, 5.74) is 6.53. The number of carbonyl (C=O) groups is 1. The van der Waals surface area contributed by atoms with Gasteiger partial charge in [0.15, 0.2) is 0 Å². The summed E-state index contributed by atoms with van der Waals surface area (Å²) in [6.45, 7) is 6.18. The number of hydrogen-bond donors (Lipinski definition) is 1. The zero-order valence-electron chi connectivity index (χ0n) is 14.9. The van der Waals surface area contributed by atoms with Gasteiger partial charge >= 0.3 is 0 Å². The Morgan fingerprint density at radius 1 is 0.840 bits per heavy atom. The average Bonchev–Trinajstić information content (AvgIpc) is 2.62. The van der Waals surface area contributed by atoms with E-state index >= 15 is 0 Å². The Kier molecular flexibility index (Phi) is 4.99. The monoisotopic (exact) mass is 329 g/mol. The van der Waals surface area contributed by atoms with Crippen LogP contribution >= 0.6 is 0 Å². The van der Waals surface area contributed by atoms with Gasteiger partial charge in [-0.2, -0.15) is 0 Å². The number of aryl methyl sites for hydroxylation is 2. The Hall–Kier alpha value is -2.87. The maximum atomic E-state index is 12.5. The third kappa shape index (κ3) is 3.97. The molecule has 1 amide bonds. The van der Waals surface area contributed by atoms with E-state index in [4.69, 9.17) is 0 Å². The zero-order chi connectivity index (χ0) is 17.8. The van der Waals surface area contributed by atoms with E-state index in [1.54, 1.807) is 0 Å². The average molecular weight is 329 g/mol. The Balaban J connectivity index is 1.73. The van der Waals surface area contributed by atoms with E-state index in [-0.39, 0.29) is 11.9 Å². The minimum Gasteiger partial charge on any atom is -0.346 e. The van der Waals surface area contributed by atoms with E-state index in [2.05, 4.69) is 49.5 Å². The first-order chi connectivity index (χ1) is 12.0. The van der Waals surface area contributed by atoms with Crippen molar-refractivity contribution in [3.05, 3.63) is 95.1 Å². The predicted octanol–water partition coefficient (Wildman–Crippen LogP) is 5.46. The molecule has 3 aromatic rings. The van der Waals surface area contributed by atoms with Crippen LogP contribution in [0.15, 0.2) is 72.8 Å². The molecule has 0 radical (unpaired) electrons. The molecular weight excluding hydrogens is 306 g/mol. The molecular formula is C23H23NO. The number of rotatable bonds is 4. The smallest absolute Gasteiger partial charge is 0.251 e. The normalized spacial score (nSPS) is 11.8. The van der Waals surface area contributed by atoms with E-state index < -0.39 is 0 Å². The molecule has 0 saturated carbocycles. The minimum absolute atomic E-state index is 0.0260. The molecule has 0 aliphatic heterocycles. The Labute approximate surface area is 149 Å². The number of carbonyl (C=O) groups excluding carboxylic acids is 1. The molecule has 0 bridgehead atoms. The van der Waals surface area contributed by atoms with Gasteiger partial charge in [0.2, 0.25) is 0 Å².